The van der Waals surface area contributed by atoms with Crippen LogP contribution in [-0.4, -0.2) is 24.2 Å². The van der Waals surface area contributed by atoms with Crippen molar-refractivity contribution in [2.24, 2.45) is 5.92 Å². The number of rotatable bonds is 7. The van der Waals surface area contributed by atoms with Crippen molar-refractivity contribution in [2.75, 3.05) is 13.2 Å². The predicted octanol–water partition coefficient (Wildman–Crippen LogP) is 2.63. The van der Waals surface area contributed by atoms with E-state index in [0.717, 1.165) is 24.8 Å². The standard InChI is InChI=1S/C18H27NO2/c1-2-14(9-10-20)13-19-18(21)12-15-7-8-16-5-3-4-6-17(16)11-15/h7-8,11,14,20H,2-6,9-10,12-13H2,1H3,(H,19,21). The maximum absolute atomic E-state index is 12.0. The van der Waals surface area contributed by atoms with Crippen molar-refractivity contribution in [3.05, 3.63) is 34.9 Å². The van der Waals surface area contributed by atoms with Crippen LogP contribution in [0.25, 0.3) is 0 Å². The summed E-state index contributed by atoms with van der Waals surface area (Å²) in [5, 5.41) is 12.0. The molecule has 3 heteroatoms. The van der Waals surface area contributed by atoms with Gasteiger partial charge < -0.3 is 10.4 Å². The molecule has 2 rings (SSSR count). The molecular formula is C18H27NO2. The Bertz CT molecular complexity index is 470. The summed E-state index contributed by atoms with van der Waals surface area (Å²) in [5.41, 5.74) is 4.00. The van der Waals surface area contributed by atoms with Crippen LogP contribution < -0.4 is 5.32 Å². The minimum atomic E-state index is 0.0853. The Labute approximate surface area is 127 Å². The number of hydrogen-bond donors (Lipinski definition) is 2. The van der Waals surface area contributed by atoms with Crippen molar-refractivity contribution >= 4 is 5.91 Å². The summed E-state index contributed by atoms with van der Waals surface area (Å²) < 4.78 is 0. The molecule has 1 aromatic carbocycles. The first-order valence-electron chi connectivity index (χ1n) is 8.21. The molecule has 2 N–H and O–H groups in total. The van der Waals surface area contributed by atoms with Crippen molar-refractivity contribution in [1.29, 1.82) is 0 Å². The second-order valence-corrected chi connectivity index (χ2v) is 6.08. The van der Waals surface area contributed by atoms with Crippen LogP contribution in [0.5, 0.6) is 0 Å². The fraction of sp³-hybridized carbons (Fsp3) is 0.611. The zero-order valence-electron chi connectivity index (χ0n) is 13.0. The largest absolute Gasteiger partial charge is 0.396 e. The zero-order chi connectivity index (χ0) is 15.1. The minimum absolute atomic E-state index is 0.0853. The number of aliphatic hydroxyl groups excluding tert-OH is 1. The van der Waals surface area contributed by atoms with Gasteiger partial charge in [0.05, 0.1) is 6.42 Å². The number of nitrogens with one attached hydrogen (secondary N) is 1. The van der Waals surface area contributed by atoms with Crippen molar-refractivity contribution in [3.8, 4) is 0 Å². The highest BCUT2D eigenvalue weighted by Crippen LogP contribution is 2.22. The van der Waals surface area contributed by atoms with Crippen LogP contribution in [0.2, 0.25) is 0 Å². The van der Waals surface area contributed by atoms with Crippen LogP contribution >= 0.6 is 0 Å². The Balaban J connectivity index is 1.85. The Morgan fingerprint density at radius 3 is 2.76 bits per heavy atom. The van der Waals surface area contributed by atoms with Crippen LogP contribution in [-0.2, 0) is 24.1 Å². The molecule has 116 valence electrons. The lowest BCUT2D eigenvalue weighted by atomic mass is 9.90. The molecule has 0 radical (unpaired) electrons. The summed E-state index contributed by atoms with van der Waals surface area (Å²) in [6.45, 7) is 2.95. The second-order valence-electron chi connectivity index (χ2n) is 6.08. The number of amides is 1. The van der Waals surface area contributed by atoms with E-state index in [4.69, 9.17) is 5.11 Å². The summed E-state index contributed by atoms with van der Waals surface area (Å²) in [6.07, 6.45) is 7.09. The van der Waals surface area contributed by atoms with Gasteiger partial charge in [0.2, 0.25) is 5.91 Å². The molecular weight excluding hydrogens is 262 g/mol. The fourth-order valence-electron chi connectivity index (χ4n) is 3.04. The van der Waals surface area contributed by atoms with Gasteiger partial charge in [0, 0.05) is 13.2 Å². The molecule has 0 saturated heterocycles. The lowest BCUT2D eigenvalue weighted by Crippen LogP contribution is -2.30. The SMILES string of the molecule is CCC(CCO)CNC(=O)Cc1ccc2c(c1)CCCC2. The van der Waals surface area contributed by atoms with Crippen LogP contribution in [0.3, 0.4) is 0 Å². The Morgan fingerprint density at radius 1 is 1.29 bits per heavy atom. The second kappa shape index (κ2) is 8.18. The number of carbonyl (C=O) groups excluding carboxylic acids is 1. The van der Waals surface area contributed by atoms with Gasteiger partial charge in [-0.3, -0.25) is 4.79 Å². The van der Waals surface area contributed by atoms with E-state index < -0.39 is 0 Å². The normalized spacial score (nSPS) is 15.3. The molecule has 0 aromatic heterocycles. The summed E-state index contributed by atoms with van der Waals surface area (Å²) in [7, 11) is 0. The van der Waals surface area contributed by atoms with Gasteiger partial charge in [-0.25, -0.2) is 0 Å². The number of hydrogen-bond acceptors (Lipinski definition) is 2. The maximum atomic E-state index is 12.0. The molecule has 1 atom stereocenters. The van der Waals surface area contributed by atoms with Crippen LogP contribution in [0.15, 0.2) is 18.2 Å². The Morgan fingerprint density at radius 2 is 2.05 bits per heavy atom. The van der Waals surface area contributed by atoms with E-state index in [2.05, 4.69) is 30.4 Å². The predicted molar refractivity (Wildman–Crippen MR) is 85.3 cm³/mol. The summed E-state index contributed by atoms with van der Waals surface area (Å²) in [6, 6.07) is 6.49. The number of benzene rings is 1. The average Bonchev–Trinajstić information content (AvgIpc) is 2.51. The molecule has 1 aliphatic rings. The Kier molecular flexibility index (Phi) is 6.24. The van der Waals surface area contributed by atoms with Gasteiger partial charge in [0.15, 0.2) is 0 Å². The third-order valence-electron chi connectivity index (χ3n) is 4.48. The quantitative estimate of drug-likeness (QED) is 0.810. The fourth-order valence-corrected chi connectivity index (χ4v) is 3.04. The van der Waals surface area contributed by atoms with E-state index in [0.29, 0.717) is 18.9 Å². The third kappa shape index (κ3) is 4.85. The van der Waals surface area contributed by atoms with Crippen molar-refractivity contribution in [1.82, 2.24) is 5.32 Å². The van der Waals surface area contributed by atoms with Gasteiger partial charge in [-0.1, -0.05) is 31.5 Å². The highest BCUT2D eigenvalue weighted by atomic mass is 16.3. The maximum Gasteiger partial charge on any atom is 0.224 e. The molecule has 1 aromatic rings. The number of aryl methyl sites for hydroxylation is 2. The summed E-state index contributed by atoms with van der Waals surface area (Å²) in [5.74, 6) is 0.463. The van der Waals surface area contributed by atoms with Crippen molar-refractivity contribution < 1.29 is 9.90 Å². The van der Waals surface area contributed by atoms with Crippen LogP contribution in [0.1, 0.15) is 49.3 Å². The molecule has 0 bridgehead atoms. The number of aliphatic hydroxyl groups is 1. The summed E-state index contributed by atoms with van der Waals surface area (Å²) >= 11 is 0. The first kappa shape index (κ1) is 16.0. The molecule has 1 unspecified atom stereocenters. The monoisotopic (exact) mass is 289 g/mol. The highest BCUT2D eigenvalue weighted by Gasteiger charge is 2.12. The highest BCUT2D eigenvalue weighted by molar-refractivity contribution is 5.78. The third-order valence-corrected chi connectivity index (χ3v) is 4.48. The molecule has 0 spiro atoms. The lowest BCUT2D eigenvalue weighted by molar-refractivity contribution is -0.120. The molecule has 0 fully saturated rings. The zero-order valence-corrected chi connectivity index (χ0v) is 13.0. The molecule has 0 saturated carbocycles. The van der Waals surface area contributed by atoms with Gasteiger partial charge in [0.25, 0.3) is 0 Å². The topological polar surface area (TPSA) is 49.3 Å². The van der Waals surface area contributed by atoms with Gasteiger partial charge >= 0.3 is 0 Å². The van der Waals surface area contributed by atoms with E-state index in [1.54, 1.807) is 0 Å². The van der Waals surface area contributed by atoms with Gasteiger partial charge in [0.1, 0.15) is 0 Å². The molecule has 21 heavy (non-hydrogen) atoms. The van der Waals surface area contributed by atoms with Gasteiger partial charge in [-0.15, -0.1) is 0 Å². The first-order chi connectivity index (χ1) is 10.2. The van der Waals surface area contributed by atoms with E-state index in [9.17, 15) is 4.79 Å². The molecule has 3 nitrogen and oxygen atoms in total. The van der Waals surface area contributed by atoms with Crippen LogP contribution in [0, 0.1) is 5.92 Å². The average molecular weight is 289 g/mol. The Hall–Kier alpha value is -1.35. The summed E-state index contributed by atoms with van der Waals surface area (Å²) in [4.78, 5) is 12.0. The van der Waals surface area contributed by atoms with E-state index >= 15 is 0 Å². The molecule has 0 heterocycles. The number of fused-ring (bicyclic) bond motifs is 1. The van der Waals surface area contributed by atoms with E-state index in [1.165, 1.54) is 30.4 Å². The smallest absolute Gasteiger partial charge is 0.224 e. The van der Waals surface area contributed by atoms with Gasteiger partial charge in [-0.05, 0) is 54.7 Å². The van der Waals surface area contributed by atoms with E-state index in [-0.39, 0.29) is 12.5 Å². The lowest BCUT2D eigenvalue weighted by Gasteiger charge is -2.17. The molecule has 1 aliphatic carbocycles. The first-order valence-corrected chi connectivity index (χ1v) is 8.21. The number of carbonyl (C=O) groups is 1. The van der Waals surface area contributed by atoms with Crippen LogP contribution in [0.4, 0.5) is 0 Å². The minimum Gasteiger partial charge on any atom is -0.396 e. The molecule has 1 amide bonds. The van der Waals surface area contributed by atoms with Gasteiger partial charge in [-0.2, -0.15) is 0 Å². The van der Waals surface area contributed by atoms with E-state index in [1.807, 2.05) is 0 Å². The van der Waals surface area contributed by atoms with Crippen molar-refractivity contribution in [2.45, 2.75) is 51.9 Å². The molecule has 0 aliphatic heterocycles. The van der Waals surface area contributed by atoms with Crippen molar-refractivity contribution in [3.63, 3.8) is 0 Å².